The molecule has 0 spiro atoms. The lowest BCUT2D eigenvalue weighted by Gasteiger charge is -2.51. The zero-order valence-corrected chi connectivity index (χ0v) is 11.0. The van der Waals surface area contributed by atoms with Crippen molar-refractivity contribution in [2.24, 2.45) is 0 Å². The van der Waals surface area contributed by atoms with Gasteiger partial charge in [-0.25, -0.2) is 0 Å². The number of nitrogens with zero attached hydrogens (tertiary/aromatic N) is 1. The molecule has 0 bridgehead atoms. The summed E-state index contributed by atoms with van der Waals surface area (Å²) >= 11 is 0. The van der Waals surface area contributed by atoms with Crippen molar-refractivity contribution in [2.45, 2.75) is 38.1 Å². The van der Waals surface area contributed by atoms with E-state index in [1.807, 2.05) is 44.3 Å². The van der Waals surface area contributed by atoms with Crippen molar-refractivity contribution in [3.05, 3.63) is 35.9 Å². The van der Waals surface area contributed by atoms with Gasteiger partial charge in [0, 0.05) is 11.1 Å². The lowest BCUT2D eigenvalue weighted by molar-refractivity contribution is -0.298. The summed E-state index contributed by atoms with van der Waals surface area (Å²) in [5, 5.41) is 10.7. The lowest BCUT2D eigenvalue weighted by Crippen LogP contribution is -2.63. The molecule has 1 aliphatic rings. The summed E-state index contributed by atoms with van der Waals surface area (Å²) in [4.78, 5) is 2.17. The molecule has 17 heavy (non-hydrogen) atoms. The molecule has 0 aliphatic carbocycles. The van der Waals surface area contributed by atoms with Crippen LogP contribution in [0, 0.1) is 0 Å². The van der Waals surface area contributed by atoms with Crippen LogP contribution in [0.1, 0.15) is 26.3 Å². The molecule has 0 aromatic heterocycles. The van der Waals surface area contributed by atoms with Gasteiger partial charge in [0.05, 0.1) is 12.6 Å². The fraction of sp³-hybridized carbons (Fsp3) is 0.571. The normalized spacial score (nSPS) is 33.6. The van der Waals surface area contributed by atoms with Crippen LogP contribution in [0.15, 0.2) is 30.3 Å². The summed E-state index contributed by atoms with van der Waals surface area (Å²) in [5.41, 5.74) is 0.760. The maximum atomic E-state index is 10.7. The summed E-state index contributed by atoms with van der Waals surface area (Å²) in [6.07, 6.45) is 0. The molecule has 1 aliphatic heterocycles. The summed E-state index contributed by atoms with van der Waals surface area (Å²) in [7, 11) is 2.03. The van der Waals surface area contributed by atoms with Crippen LogP contribution >= 0.6 is 0 Å². The molecule has 3 nitrogen and oxygen atoms in total. The quantitative estimate of drug-likeness (QED) is 0.807. The van der Waals surface area contributed by atoms with Crippen molar-refractivity contribution in [1.82, 2.24) is 4.90 Å². The molecule has 2 rings (SSSR count). The van der Waals surface area contributed by atoms with E-state index in [4.69, 9.17) is 4.74 Å². The molecule has 1 N–H and O–H groups in total. The summed E-state index contributed by atoms with van der Waals surface area (Å²) < 4.78 is 5.76. The first-order valence-corrected chi connectivity index (χ1v) is 6.03. The first kappa shape index (κ1) is 12.6. The molecule has 1 heterocycles. The van der Waals surface area contributed by atoms with Crippen molar-refractivity contribution in [3.8, 4) is 0 Å². The minimum atomic E-state index is -1.22. The highest BCUT2D eigenvalue weighted by atomic mass is 16.6. The summed E-state index contributed by atoms with van der Waals surface area (Å²) in [6.45, 7) is 6.75. The van der Waals surface area contributed by atoms with Gasteiger partial charge in [0.1, 0.15) is 0 Å². The SMILES string of the molecule is C[C@H]1N(C)C(C)(C)CO[C@@]1(O)c1ccccc1. The van der Waals surface area contributed by atoms with Gasteiger partial charge in [0.25, 0.3) is 0 Å². The maximum absolute atomic E-state index is 10.7. The molecule has 0 radical (unpaired) electrons. The molecule has 0 unspecified atom stereocenters. The molecular formula is C14H21NO2. The highest BCUT2D eigenvalue weighted by Gasteiger charge is 2.48. The van der Waals surface area contributed by atoms with Crippen molar-refractivity contribution in [2.75, 3.05) is 13.7 Å². The van der Waals surface area contributed by atoms with Gasteiger partial charge in [0.2, 0.25) is 5.79 Å². The Morgan fingerprint density at radius 3 is 2.47 bits per heavy atom. The molecule has 2 atom stereocenters. The second-order valence-electron chi connectivity index (χ2n) is 5.45. The van der Waals surface area contributed by atoms with Gasteiger partial charge in [-0.1, -0.05) is 30.3 Å². The van der Waals surface area contributed by atoms with Gasteiger partial charge in [-0.15, -0.1) is 0 Å². The third-order valence-electron chi connectivity index (χ3n) is 3.93. The number of ether oxygens (including phenoxy) is 1. The van der Waals surface area contributed by atoms with Crippen LogP contribution in [-0.2, 0) is 10.5 Å². The van der Waals surface area contributed by atoms with Crippen molar-refractivity contribution < 1.29 is 9.84 Å². The minimum absolute atomic E-state index is 0.0551. The van der Waals surface area contributed by atoms with Crippen LogP contribution in [0.25, 0.3) is 0 Å². The lowest BCUT2D eigenvalue weighted by atomic mass is 9.90. The Labute approximate surface area is 103 Å². The van der Waals surface area contributed by atoms with E-state index in [-0.39, 0.29) is 11.6 Å². The molecule has 0 amide bonds. The molecule has 3 heteroatoms. The predicted molar refractivity (Wildman–Crippen MR) is 67.6 cm³/mol. The number of hydrogen-bond donors (Lipinski definition) is 1. The smallest absolute Gasteiger partial charge is 0.208 e. The topological polar surface area (TPSA) is 32.7 Å². The second kappa shape index (κ2) is 4.09. The van der Waals surface area contributed by atoms with E-state index in [9.17, 15) is 5.11 Å². The number of rotatable bonds is 1. The van der Waals surface area contributed by atoms with E-state index in [0.29, 0.717) is 6.61 Å². The highest BCUT2D eigenvalue weighted by molar-refractivity contribution is 5.23. The van der Waals surface area contributed by atoms with Crippen LogP contribution in [0.3, 0.4) is 0 Å². The number of benzene rings is 1. The Bertz CT molecular complexity index is 390. The first-order chi connectivity index (χ1) is 7.88. The Morgan fingerprint density at radius 1 is 1.29 bits per heavy atom. The molecule has 1 aromatic rings. The fourth-order valence-electron chi connectivity index (χ4n) is 2.30. The van der Waals surface area contributed by atoms with Gasteiger partial charge >= 0.3 is 0 Å². The van der Waals surface area contributed by atoms with Gasteiger partial charge in [-0.05, 0) is 27.8 Å². The fourth-order valence-corrected chi connectivity index (χ4v) is 2.30. The third kappa shape index (κ3) is 1.99. The molecule has 1 aromatic carbocycles. The summed E-state index contributed by atoms with van der Waals surface area (Å²) in [5.74, 6) is -1.22. The van der Waals surface area contributed by atoms with Crippen LogP contribution < -0.4 is 0 Å². The predicted octanol–water partition coefficient (Wildman–Crippen LogP) is 1.96. The largest absolute Gasteiger partial charge is 0.361 e. The Balaban J connectivity index is 2.34. The van der Waals surface area contributed by atoms with Gasteiger partial charge in [0.15, 0.2) is 0 Å². The van der Waals surface area contributed by atoms with Crippen molar-refractivity contribution >= 4 is 0 Å². The zero-order chi connectivity index (χ0) is 12.7. The van der Waals surface area contributed by atoms with E-state index in [1.165, 1.54) is 0 Å². The van der Waals surface area contributed by atoms with Crippen LogP contribution in [0.5, 0.6) is 0 Å². The summed E-state index contributed by atoms with van der Waals surface area (Å²) in [6, 6.07) is 9.50. The highest BCUT2D eigenvalue weighted by Crippen LogP contribution is 2.37. The van der Waals surface area contributed by atoms with E-state index >= 15 is 0 Å². The average molecular weight is 235 g/mol. The monoisotopic (exact) mass is 235 g/mol. The minimum Gasteiger partial charge on any atom is -0.361 e. The average Bonchev–Trinajstić information content (AvgIpc) is 2.34. The van der Waals surface area contributed by atoms with E-state index < -0.39 is 5.79 Å². The van der Waals surface area contributed by atoms with Crippen molar-refractivity contribution in [1.29, 1.82) is 0 Å². The maximum Gasteiger partial charge on any atom is 0.208 e. The Hall–Kier alpha value is -0.900. The van der Waals surface area contributed by atoms with E-state index in [0.717, 1.165) is 5.56 Å². The van der Waals surface area contributed by atoms with Gasteiger partial charge in [-0.3, -0.25) is 4.90 Å². The zero-order valence-electron chi connectivity index (χ0n) is 11.0. The van der Waals surface area contributed by atoms with E-state index in [2.05, 4.69) is 18.7 Å². The molecular weight excluding hydrogens is 214 g/mol. The van der Waals surface area contributed by atoms with Gasteiger partial charge in [-0.2, -0.15) is 0 Å². The number of morpholine rings is 1. The van der Waals surface area contributed by atoms with Gasteiger partial charge < -0.3 is 9.84 Å². The molecule has 1 saturated heterocycles. The number of likely N-dealkylation sites (N-methyl/N-ethyl adjacent to an activating group) is 1. The van der Waals surface area contributed by atoms with E-state index in [1.54, 1.807) is 0 Å². The van der Waals surface area contributed by atoms with Crippen LogP contribution in [0.2, 0.25) is 0 Å². The number of hydrogen-bond acceptors (Lipinski definition) is 3. The van der Waals surface area contributed by atoms with Crippen LogP contribution in [-0.4, -0.2) is 35.2 Å². The third-order valence-corrected chi connectivity index (χ3v) is 3.93. The molecule has 0 saturated carbocycles. The van der Waals surface area contributed by atoms with Crippen molar-refractivity contribution in [3.63, 3.8) is 0 Å². The van der Waals surface area contributed by atoms with Crippen LogP contribution in [0.4, 0.5) is 0 Å². The first-order valence-electron chi connectivity index (χ1n) is 6.03. The Morgan fingerprint density at radius 2 is 1.88 bits per heavy atom. The Kier molecular flexibility index (Phi) is 3.02. The number of aliphatic hydroxyl groups is 1. The molecule has 94 valence electrons. The molecule has 1 fully saturated rings. The second-order valence-corrected chi connectivity index (χ2v) is 5.45. The standard InChI is InChI=1S/C14H21NO2/c1-11-14(16,12-8-6-5-7-9-12)17-10-13(2,3)15(11)4/h5-9,11,16H,10H2,1-4H3/t11-,14-/m1/s1.